The van der Waals surface area contributed by atoms with Gasteiger partial charge in [-0.25, -0.2) is 23.1 Å². The highest BCUT2D eigenvalue weighted by atomic mass is 19.1. The molecule has 1 aromatic carbocycles. The van der Waals surface area contributed by atoms with E-state index < -0.39 is 29.6 Å². The third-order valence-electron chi connectivity index (χ3n) is 5.47. The number of carbonyl (C=O) groups excluding carboxylic acids is 2. The lowest BCUT2D eigenvalue weighted by atomic mass is 10.0. The van der Waals surface area contributed by atoms with Crippen LogP contribution in [0.1, 0.15) is 51.6 Å². The van der Waals surface area contributed by atoms with Crippen molar-refractivity contribution in [1.29, 1.82) is 0 Å². The zero-order valence-corrected chi connectivity index (χ0v) is 18.6. The molecule has 0 radical (unpaired) electrons. The molecule has 0 spiro atoms. The Morgan fingerprint density at radius 1 is 1.06 bits per heavy atom. The van der Waals surface area contributed by atoms with Gasteiger partial charge in [0.2, 0.25) is 0 Å². The van der Waals surface area contributed by atoms with E-state index in [1.54, 1.807) is 41.9 Å². The number of methoxy groups -OCH3 is 1. The van der Waals surface area contributed by atoms with Crippen molar-refractivity contribution in [2.45, 2.75) is 25.9 Å². The fourth-order valence-corrected chi connectivity index (χ4v) is 3.85. The number of carbonyl (C=O) groups is 2. The van der Waals surface area contributed by atoms with Gasteiger partial charge in [-0.15, -0.1) is 0 Å². The second kappa shape index (κ2) is 9.78. The molecule has 0 aliphatic carbocycles. The predicted molar refractivity (Wildman–Crippen MR) is 120 cm³/mol. The van der Waals surface area contributed by atoms with E-state index in [-0.39, 0.29) is 23.5 Å². The topological polar surface area (TPSA) is 76.8 Å². The Bertz CT molecular complexity index is 1320. The Morgan fingerprint density at radius 3 is 2.59 bits per heavy atom. The highest BCUT2D eigenvalue weighted by Crippen LogP contribution is 2.30. The summed E-state index contributed by atoms with van der Waals surface area (Å²) in [5.41, 5.74) is 1.54. The predicted octanol–water partition coefficient (Wildman–Crippen LogP) is 4.59. The van der Waals surface area contributed by atoms with Crippen molar-refractivity contribution in [2.24, 2.45) is 0 Å². The number of hydrogen-bond donors (Lipinski definition) is 0. The van der Waals surface area contributed by atoms with Crippen LogP contribution in [0.3, 0.4) is 0 Å². The molecule has 4 aromatic rings. The van der Waals surface area contributed by atoms with Gasteiger partial charge in [-0.05, 0) is 42.8 Å². The minimum Gasteiger partial charge on any atom is -0.464 e. The van der Waals surface area contributed by atoms with Crippen LogP contribution in [0, 0.1) is 11.6 Å². The Morgan fingerprint density at radius 2 is 1.88 bits per heavy atom. The maximum absolute atomic E-state index is 14.8. The minimum atomic E-state index is -0.754. The lowest BCUT2D eigenvalue weighted by molar-refractivity contribution is 0.0593. The molecule has 7 nitrogen and oxygen atoms in total. The van der Waals surface area contributed by atoms with E-state index in [0.29, 0.717) is 12.1 Å². The first-order valence-corrected chi connectivity index (χ1v) is 10.7. The summed E-state index contributed by atoms with van der Waals surface area (Å²) in [7, 11) is 1.25. The molecule has 0 aliphatic heterocycles. The molecule has 3 aromatic heterocycles. The van der Waals surface area contributed by atoms with Gasteiger partial charge in [0.1, 0.15) is 17.3 Å². The average Bonchev–Trinajstić information content (AvgIpc) is 3.28. The number of rotatable bonds is 7. The van der Waals surface area contributed by atoms with Crippen molar-refractivity contribution in [3.8, 4) is 0 Å². The zero-order chi connectivity index (χ0) is 24.2. The van der Waals surface area contributed by atoms with E-state index in [1.165, 1.54) is 24.1 Å². The average molecular weight is 464 g/mol. The molecule has 34 heavy (non-hydrogen) atoms. The number of aromatic nitrogens is 3. The van der Waals surface area contributed by atoms with E-state index >= 15 is 0 Å². The molecule has 1 unspecified atom stereocenters. The van der Waals surface area contributed by atoms with E-state index in [4.69, 9.17) is 4.74 Å². The maximum Gasteiger partial charge on any atom is 0.356 e. The maximum atomic E-state index is 14.8. The SMILES string of the molecule is CCC(c1ccc(F)cc1F)N(Cc1cccc(C(=O)OC)n1)C(=O)c1cc2ccccn2n1. The quantitative estimate of drug-likeness (QED) is 0.374. The van der Waals surface area contributed by atoms with Gasteiger partial charge >= 0.3 is 5.97 Å². The van der Waals surface area contributed by atoms with E-state index in [2.05, 4.69) is 10.1 Å². The van der Waals surface area contributed by atoms with Gasteiger partial charge in [-0.3, -0.25) is 4.79 Å². The molecule has 0 bridgehead atoms. The number of pyridine rings is 2. The van der Waals surface area contributed by atoms with E-state index in [0.717, 1.165) is 17.6 Å². The molecule has 3 heterocycles. The second-order valence-electron chi connectivity index (χ2n) is 7.63. The van der Waals surface area contributed by atoms with Crippen LogP contribution < -0.4 is 0 Å². The van der Waals surface area contributed by atoms with Crippen LogP contribution in [-0.2, 0) is 11.3 Å². The van der Waals surface area contributed by atoms with Gasteiger partial charge in [0, 0.05) is 17.8 Å². The third-order valence-corrected chi connectivity index (χ3v) is 5.47. The van der Waals surface area contributed by atoms with Gasteiger partial charge in [0.15, 0.2) is 5.69 Å². The van der Waals surface area contributed by atoms with Crippen LogP contribution in [0.2, 0.25) is 0 Å². The third kappa shape index (κ3) is 4.63. The first kappa shape index (κ1) is 23.0. The molecule has 174 valence electrons. The Kier molecular flexibility index (Phi) is 6.62. The molecule has 0 saturated carbocycles. The molecule has 0 fully saturated rings. The van der Waals surface area contributed by atoms with Crippen molar-refractivity contribution in [1.82, 2.24) is 19.5 Å². The van der Waals surface area contributed by atoms with Crippen LogP contribution in [0.5, 0.6) is 0 Å². The first-order valence-electron chi connectivity index (χ1n) is 10.7. The largest absolute Gasteiger partial charge is 0.464 e. The Balaban J connectivity index is 1.77. The molecular weight excluding hydrogens is 442 g/mol. The first-order chi connectivity index (χ1) is 16.4. The summed E-state index contributed by atoms with van der Waals surface area (Å²) in [5, 5.41) is 4.36. The molecule has 9 heteroatoms. The molecule has 0 saturated heterocycles. The van der Waals surface area contributed by atoms with Crippen LogP contribution in [0.15, 0.2) is 66.9 Å². The van der Waals surface area contributed by atoms with Crippen LogP contribution in [0.25, 0.3) is 5.52 Å². The summed E-state index contributed by atoms with van der Waals surface area (Å²) in [6.45, 7) is 1.77. The van der Waals surface area contributed by atoms with Crippen LogP contribution >= 0.6 is 0 Å². The number of amides is 1. The van der Waals surface area contributed by atoms with Gasteiger partial charge in [0.05, 0.1) is 30.9 Å². The van der Waals surface area contributed by atoms with Gasteiger partial charge in [0.25, 0.3) is 5.91 Å². The summed E-state index contributed by atoms with van der Waals surface area (Å²) in [6.07, 6.45) is 2.06. The van der Waals surface area contributed by atoms with E-state index in [9.17, 15) is 18.4 Å². The number of ether oxygens (including phenoxy) is 1. The highest BCUT2D eigenvalue weighted by Gasteiger charge is 2.29. The fraction of sp³-hybridized carbons (Fsp3) is 0.200. The van der Waals surface area contributed by atoms with Crippen LogP contribution in [0.4, 0.5) is 8.78 Å². The lowest BCUT2D eigenvalue weighted by Gasteiger charge is -2.31. The molecule has 4 rings (SSSR count). The number of fused-ring (bicyclic) bond motifs is 1. The Labute approximate surface area is 194 Å². The summed E-state index contributed by atoms with van der Waals surface area (Å²) in [6, 6.07) is 14.4. The standard InChI is InChI=1S/C25H22F2N4O3/c1-3-23(19-11-10-16(26)13-20(19)27)30(15-17-7-6-9-21(28-17)25(33)34-2)24(32)22-14-18-8-4-5-12-31(18)29-22/h4-14,23H,3,15H2,1-2H3. The lowest BCUT2D eigenvalue weighted by Crippen LogP contribution is -2.35. The molecule has 1 amide bonds. The summed E-state index contributed by atoms with van der Waals surface area (Å²) in [4.78, 5) is 31.3. The van der Waals surface area contributed by atoms with Crippen molar-refractivity contribution >= 4 is 17.4 Å². The fourth-order valence-electron chi connectivity index (χ4n) is 3.85. The Hall–Kier alpha value is -4.14. The highest BCUT2D eigenvalue weighted by molar-refractivity contribution is 5.94. The normalized spacial score (nSPS) is 11.9. The minimum absolute atomic E-state index is 0.0349. The molecule has 0 aliphatic rings. The molecule has 1 atom stereocenters. The summed E-state index contributed by atoms with van der Waals surface area (Å²) < 4.78 is 34.6. The smallest absolute Gasteiger partial charge is 0.356 e. The van der Waals surface area contributed by atoms with Crippen LogP contribution in [-0.4, -0.2) is 38.5 Å². The van der Waals surface area contributed by atoms with Gasteiger partial charge < -0.3 is 9.64 Å². The number of nitrogens with zero attached hydrogens (tertiary/aromatic N) is 4. The van der Waals surface area contributed by atoms with Crippen molar-refractivity contribution in [3.05, 3.63) is 101 Å². The second-order valence-corrected chi connectivity index (χ2v) is 7.63. The van der Waals surface area contributed by atoms with E-state index in [1.807, 2.05) is 12.1 Å². The summed E-state index contributed by atoms with van der Waals surface area (Å²) in [5.74, 6) is -2.53. The molecule has 0 N–H and O–H groups in total. The number of esters is 1. The van der Waals surface area contributed by atoms with Crippen molar-refractivity contribution in [3.63, 3.8) is 0 Å². The van der Waals surface area contributed by atoms with Gasteiger partial charge in [-0.2, -0.15) is 5.10 Å². The molecular formula is C25H22F2N4O3. The number of benzene rings is 1. The van der Waals surface area contributed by atoms with Gasteiger partial charge in [-0.1, -0.05) is 25.1 Å². The summed E-state index contributed by atoms with van der Waals surface area (Å²) >= 11 is 0. The zero-order valence-electron chi connectivity index (χ0n) is 18.6. The van der Waals surface area contributed by atoms with Crippen molar-refractivity contribution < 1.29 is 23.1 Å². The van der Waals surface area contributed by atoms with Crippen molar-refractivity contribution in [2.75, 3.05) is 7.11 Å². The monoisotopic (exact) mass is 464 g/mol. The number of halogens is 2. The number of hydrogen-bond acceptors (Lipinski definition) is 5.